The molecule has 0 bridgehead atoms. The van der Waals surface area contributed by atoms with Crippen molar-refractivity contribution in [3.63, 3.8) is 0 Å². The van der Waals surface area contributed by atoms with Gasteiger partial charge in [-0.2, -0.15) is 0 Å². The summed E-state index contributed by atoms with van der Waals surface area (Å²) in [5.74, 6) is -1.28. The highest BCUT2D eigenvalue weighted by Gasteiger charge is 2.02. The van der Waals surface area contributed by atoms with Gasteiger partial charge in [0, 0.05) is 24.4 Å². The molecule has 0 atom stereocenters. The molecule has 0 aromatic rings. The predicted octanol–water partition coefficient (Wildman–Crippen LogP) is 2.06. The molecular weight excluding hydrogens is 288 g/mol. The minimum Gasteiger partial charge on any atom is -0.478 e. The summed E-state index contributed by atoms with van der Waals surface area (Å²) in [7, 11) is 0. The van der Waals surface area contributed by atoms with Crippen LogP contribution >= 0.6 is 0 Å². The highest BCUT2D eigenvalue weighted by molar-refractivity contribution is 5.86. The number of hydrogen-bond acceptors (Lipinski definition) is 5. The summed E-state index contributed by atoms with van der Waals surface area (Å²) in [5, 5.41) is 25.2. The third-order valence-corrected chi connectivity index (χ3v) is 2.57. The van der Waals surface area contributed by atoms with Crippen molar-refractivity contribution in [1.82, 2.24) is 0 Å². The number of ether oxygens (including phenoxy) is 1. The molecule has 0 aliphatic carbocycles. The predicted molar refractivity (Wildman–Crippen MR) is 84.4 cm³/mol. The molecule has 0 unspecified atom stereocenters. The highest BCUT2D eigenvalue weighted by atomic mass is 16.5. The van der Waals surface area contributed by atoms with Gasteiger partial charge in [-0.1, -0.05) is 19.6 Å². The molecular formula is C16H28O6. The van der Waals surface area contributed by atoms with E-state index in [4.69, 9.17) is 20.1 Å². The molecule has 0 fully saturated rings. The second-order valence-corrected chi connectivity index (χ2v) is 4.79. The number of carbonyl (C=O) groups is 2. The first-order chi connectivity index (χ1) is 10.4. The first-order valence-corrected chi connectivity index (χ1v) is 7.32. The van der Waals surface area contributed by atoms with Crippen molar-refractivity contribution in [2.75, 3.05) is 19.8 Å². The number of hydrogen-bond donors (Lipinski definition) is 3. The number of carbonyl (C=O) groups excluding carboxylic acids is 1. The van der Waals surface area contributed by atoms with Gasteiger partial charge in [0.05, 0.1) is 6.61 Å². The Hall–Kier alpha value is -1.66. The van der Waals surface area contributed by atoms with E-state index < -0.39 is 5.97 Å². The molecule has 3 N–H and O–H groups in total. The fourth-order valence-electron chi connectivity index (χ4n) is 1.24. The monoisotopic (exact) mass is 316 g/mol. The highest BCUT2D eigenvalue weighted by Crippen LogP contribution is 2.06. The Labute approximate surface area is 132 Å². The minimum absolute atomic E-state index is 0.143. The normalized spacial score (nSPS) is 9.41. The van der Waals surface area contributed by atoms with E-state index in [2.05, 4.69) is 13.2 Å². The summed E-state index contributed by atoms with van der Waals surface area (Å²) < 4.78 is 4.76. The molecule has 0 aliphatic rings. The average molecular weight is 316 g/mol. The lowest BCUT2D eigenvalue weighted by atomic mass is 10.1. The molecule has 0 aromatic carbocycles. The van der Waals surface area contributed by atoms with Gasteiger partial charge in [0.2, 0.25) is 0 Å². The van der Waals surface area contributed by atoms with Gasteiger partial charge >= 0.3 is 11.9 Å². The van der Waals surface area contributed by atoms with Crippen LogP contribution < -0.4 is 0 Å². The standard InChI is InChI=1S/2C8H14O3/c1-7(2)8(10)11-6-4-3-5-9;1-7(8(10)11)5-3-2-4-6-9/h9H,1,3-6H2,2H3;9H,1-6H2,(H,10,11). The third-order valence-electron chi connectivity index (χ3n) is 2.57. The molecule has 128 valence electrons. The Kier molecular flexibility index (Phi) is 16.2. The molecule has 6 heteroatoms. The Morgan fingerprint density at radius 2 is 1.50 bits per heavy atom. The van der Waals surface area contributed by atoms with Gasteiger partial charge in [-0.25, -0.2) is 9.59 Å². The molecule has 6 nitrogen and oxygen atoms in total. The number of esters is 1. The number of rotatable bonds is 11. The molecule has 22 heavy (non-hydrogen) atoms. The van der Waals surface area contributed by atoms with Gasteiger partial charge in [-0.3, -0.25) is 0 Å². The molecule has 0 spiro atoms. The maximum atomic E-state index is 10.7. The summed E-state index contributed by atoms with van der Waals surface area (Å²) in [6.07, 6.45) is 4.30. The molecule has 0 heterocycles. The first-order valence-electron chi connectivity index (χ1n) is 7.32. The minimum atomic E-state index is -0.922. The number of unbranched alkanes of at least 4 members (excludes halogenated alkanes) is 3. The number of aliphatic hydroxyl groups is 2. The number of aliphatic hydroxyl groups excluding tert-OH is 2. The summed E-state index contributed by atoms with van der Waals surface area (Å²) in [6.45, 7) is 9.12. The van der Waals surface area contributed by atoms with Crippen molar-refractivity contribution in [2.45, 2.75) is 45.4 Å². The zero-order chi connectivity index (χ0) is 17.4. The van der Waals surface area contributed by atoms with Crippen LogP contribution in [0.25, 0.3) is 0 Å². The SMILES string of the molecule is C=C(C)C(=O)OCCCCO.C=C(CCCCCO)C(=O)O. The fourth-order valence-corrected chi connectivity index (χ4v) is 1.24. The van der Waals surface area contributed by atoms with E-state index in [-0.39, 0.29) is 24.8 Å². The molecule has 0 aliphatic heterocycles. The molecule has 0 radical (unpaired) electrons. The lowest BCUT2D eigenvalue weighted by Crippen LogP contribution is -2.06. The van der Waals surface area contributed by atoms with Crippen LogP contribution in [0.5, 0.6) is 0 Å². The summed E-state index contributed by atoms with van der Waals surface area (Å²) in [4.78, 5) is 20.9. The van der Waals surface area contributed by atoms with Crippen LogP contribution in [0.15, 0.2) is 24.3 Å². The topological polar surface area (TPSA) is 104 Å². The second kappa shape index (κ2) is 15.7. The summed E-state index contributed by atoms with van der Waals surface area (Å²) in [6, 6.07) is 0. The van der Waals surface area contributed by atoms with Crippen molar-refractivity contribution < 1.29 is 29.6 Å². The zero-order valence-corrected chi connectivity index (χ0v) is 13.3. The maximum Gasteiger partial charge on any atom is 0.333 e. The Morgan fingerprint density at radius 3 is 1.95 bits per heavy atom. The van der Waals surface area contributed by atoms with Crippen LogP contribution in [0.1, 0.15) is 45.4 Å². The van der Waals surface area contributed by atoms with Crippen molar-refractivity contribution in [2.24, 2.45) is 0 Å². The van der Waals surface area contributed by atoms with E-state index in [9.17, 15) is 9.59 Å². The number of carboxylic acid groups (broad SMARTS) is 1. The Morgan fingerprint density at radius 1 is 0.955 bits per heavy atom. The van der Waals surface area contributed by atoms with Crippen LogP contribution in [-0.2, 0) is 14.3 Å². The zero-order valence-electron chi connectivity index (χ0n) is 13.3. The smallest absolute Gasteiger partial charge is 0.333 e. The van der Waals surface area contributed by atoms with E-state index in [1.807, 2.05) is 0 Å². The van der Waals surface area contributed by atoms with Gasteiger partial charge in [0.25, 0.3) is 0 Å². The molecule has 0 amide bonds. The second-order valence-electron chi connectivity index (χ2n) is 4.79. The van der Waals surface area contributed by atoms with Crippen molar-refractivity contribution in [3.8, 4) is 0 Å². The van der Waals surface area contributed by atoms with Crippen molar-refractivity contribution >= 4 is 11.9 Å². The molecule has 0 rings (SSSR count). The van der Waals surface area contributed by atoms with E-state index in [1.54, 1.807) is 6.92 Å². The largest absolute Gasteiger partial charge is 0.478 e. The van der Waals surface area contributed by atoms with E-state index in [1.165, 1.54) is 0 Å². The summed E-state index contributed by atoms with van der Waals surface area (Å²) in [5.41, 5.74) is 0.664. The molecule has 0 aromatic heterocycles. The fraction of sp³-hybridized carbons (Fsp3) is 0.625. The molecule has 0 saturated heterocycles. The quantitative estimate of drug-likeness (QED) is 0.306. The van der Waals surface area contributed by atoms with E-state index in [0.717, 1.165) is 19.3 Å². The Balaban J connectivity index is 0. The number of carboxylic acids is 1. The van der Waals surface area contributed by atoms with Gasteiger partial charge < -0.3 is 20.1 Å². The van der Waals surface area contributed by atoms with Crippen LogP contribution in [0.2, 0.25) is 0 Å². The summed E-state index contributed by atoms with van der Waals surface area (Å²) >= 11 is 0. The van der Waals surface area contributed by atoms with Crippen molar-refractivity contribution in [3.05, 3.63) is 24.3 Å². The van der Waals surface area contributed by atoms with Crippen LogP contribution in [0, 0.1) is 0 Å². The van der Waals surface area contributed by atoms with Gasteiger partial charge in [-0.15, -0.1) is 0 Å². The number of aliphatic carboxylic acids is 1. The lowest BCUT2D eigenvalue weighted by molar-refractivity contribution is -0.139. The van der Waals surface area contributed by atoms with Gasteiger partial charge in [-0.05, 0) is 39.0 Å². The van der Waals surface area contributed by atoms with Crippen molar-refractivity contribution in [1.29, 1.82) is 0 Å². The Bertz CT molecular complexity index is 315. The average Bonchev–Trinajstić information content (AvgIpc) is 2.48. The van der Waals surface area contributed by atoms with Crippen LogP contribution in [0.3, 0.4) is 0 Å². The third kappa shape index (κ3) is 16.4. The van der Waals surface area contributed by atoms with Crippen LogP contribution in [0.4, 0.5) is 0 Å². The van der Waals surface area contributed by atoms with E-state index >= 15 is 0 Å². The van der Waals surface area contributed by atoms with Gasteiger partial charge in [0.15, 0.2) is 0 Å². The maximum absolute atomic E-state index is 10.7. The van der Waals surface area contributed by atoms with E-state index in [0.29, 0.717) is 31.4 Å². The molecule has 0 saturated carbocycles. The lowest BCUT2D eigenvalue weighted by Gasteiger charge is -2.01. The van der Waals surface area contributed by atoms with Gasteiger partial charge in [0.1, 0.15) is 0 Å². The first kappa shape index (κ1) is 22.6. The van der Waals surface area contributed by atoms with Crippen LogP contribution in [-0.4, -0.2) is 47.1 Å².